The van der Waals surface area contributed by atoms with Gasteiger partial charge in [-0.25, -0.2) is 4.79 Å². The van der Waals surface area contributed by atoms with Crippen molar-refractivity contribution in [3.63, 3.8) is 0 Å². The van der Waals surface area contributed by atoms with Crippen LogP contribution in [0.1, 0.15) is 24.6 Å². The summed E-state index contributed by atoms with van der Waals surface area (Å²) in [5.41, 5.74) is 0.914. The Balaban J connectivity index is 1.74. The first kappa shape index (κ1) is 11.5. The van der Waals surface area contributed by atoms with Gasteiger partial charge in [-0.3, -0.25) is 9.88 Å². The first-order valence-corrected chi connectivity index (χ1v) is 6.43. The number of nitrogens with zero attached hydrogens (tertiary/aromatic N) is 2. The highest BCUT2D eigenvalue weighted by Gasteiger charge is 2.33. The minimum absolute atomic E-state index is 0.0220. The number of aromatic nitrogens is 1. The molecule has 1 N–H and O–H groups in total. The van der Waals surface area contributed by atoms with Gasteiger partial charge in [-0.05, 0) is 25.0 Å². The van der Waals surface area contributed by atoms with Crippen molar-refractivity contribution in [2.75, 3.05) is 19.6 Å². The minimum Gasteiger partial charge on any atom is -0.446 e. The van der Waals surface area contributed by atoms with Crippen LogP contribution >= 0.6 is 0 Å². The van der Waals surface area contributed by atoms with Gasteiger partial charge in [0.1, 0.15) is 6.10 Å². The van der Waals surface area contributed by atoms with E-state index in [1.54, 1.807) is 11.1 Å². The first-order chi connectivity index (χ1) is 8.84. The normalized spacial score (nSPS) is 23.8. The van der Waals surface area contributed by atoms with Gasteiger partial charge in [0.15, 0.2) is 0 Å². The summed E-state index contributed by atoms with van der Waals surface area (Å²) in [5.74, 6) is 0. The van der Waals surface area contributed by atoms with Crippen molar-refractivity contribution in [3.8, 4) is 0 Å². The van der Waals surface area contributed by atoms with Crippen molar-refractivity contribution < 1.29 is 9.53 Å². The zero-order chi connectivity index (χ0) is 12.4. The Morgan fingerprint density at radius 3 is 3.06 bits per heavy atom. The van der Waals surface area contributed by atoms with Crippen LogP contribution in [0.4, 0.5) is 4.79 Å². The molecule has 2 fully saturated rings. The number of amides is 1. The molecule has 5 nitrogen and oxygen atoms in total. The molecular formula is C13H17N3O2. The summed E-state index contributed by atoms with van der Waals surface area (Å²) in [7, 11) is 0. The van der Waals surface area contributed by atoms with Crippen LogP contribution in [0, 0.1) is 0 Å². The number of carbonyl (C=O) groups is 1. The Morgan fingerprint density at radius 1 is 1.44 bits per heavy atom. The molecule has 1 aliphatic heterocycles. The first-order valence-electron chi connectivity index (χ1n) is 6.43. The predicted octanol–water partition coefficient (Wildman–Crippen LogP) is 1.33. The van der Waals surface area contributed by atoms with Crippen LogP contribution in [0.25, 0.3) is 0 Å². The van der Waals surface area contributed by atoms with E-state index >= 15 is 0 Å². The van der Waals surface area contributed by atoms with Gasteiger partial charge in [0, 0.05) is 25.8 Å². The zero-order valence-electron chi connectivity index (χ0n) is 10.2. The maximum absolute atomic E-state index is 12.1. The lowest BCUT2D eigenvalue weighted by atomic mass is 10.1. The third-order valence-electron chi connectivity index (χ3n) is 3.30. The highest BCUT2D eigenvalue weighted by molar-refractivity contribution is 5.69. The van der Waals surface area contributed by atoms with Gasteiger partial charge in [0.2, 0.25) is 0 Å². The van der Waals surface area contributed by atoms with E-state index in [4.69, 9.17) is 4.74 Å². The van der Waals surface area contributed by atoms with E-state index in [9.17, 15) is 4.79 Å². The number of piperazine rings is 1. The average molecular weight is 247 g/mol. The molecule has 1 aliphatic carbocycles. The lowest BCUT2D eigenvalue weighted by Gasteiger charge is -2.34. The molecule has 0 spiro atoms. The highest BCUT2D eigenvalue weighted by atomic mass is 16.6. The quantitative estimate of drug-likeness (QED) is 0.856. The standard InChI is InChI=1S/C13H17N3O2/c17-13(18-10-4-5-10)16-8-7-14-9-12(16)11-3-1-2-6-15-11/h1-3,6,10,12,14H,4-5,7-9H2. The summed E-state index contributed by atoms with van der Waals surface area (Å²) in [4.78, 5) is 18.2. The monoisotopic (exact) mass is 247 g/mol. The summed E-state index contributed by atoms with van der Waals surface area (Å²) < 4.78 is 5.38. The molecule has 3 rings (SSSR count). The Bertz CT molecular complexity index is 420. The minimum atomic E-state index is -0.199. The fourth-order valence-corrected chi connectivity index (χ4v) is 2.16. The molecule has 2 heterocycles. The Labute approximate surface area is 106 Å². The van der Waals surface area contributed by atoms with Crippen LogP contribution < -0.4 is 5.32 Å². The van der Waals surface area contributed by atoms with Crippen LogP contribution in [-0.4, -0.2) is 41.7 Å². The molecule has 1 aromatic rings. The highest BCUT2D eigenvalue weighted by Crippen LogP contribution is 2.27. The molecule has 1 unspecified atom stereocenters. The van der Waals surface area contributed by atoms with Gasteiger partial charge in [-0.15, -0.1) is 0 Å². The second-order valence-corrected chi connectivity index (χ2v) is 4.75. The average Bonchev–Trinajstić information content (AvgIpc) is 3.24. The molecule has 1 saturated heterocycles. The van der Waals surface area contributed by atoms with Crippen LogP contribution in [-0.2, 0) is 4.74 Å². The molecule has 0 aromatic carbocycles. The smallest absolute Gasteiger partial charge is 0.410 e. The molecule has 1 atom stereocenters. The Hall–Kier alpha value is -1.62. The van der Waals surface area contributed by atoms with E-state index in [1.807, 2.05) is 18.2 Å². The number of ether oxygens (including phenoxy) is 1. The van der Waals surface area contributed by atoms with Crippen molar-refractivity contribution in [1.29, 1.82) is 0 Å². The third-order valence-corrected chi connectivity index (χ3v) is 3.30. The summed E-state index contributed by atoms with van der Waals surface area (Å²) in [6.45, 7) is 2.21. The van der Waals surface area contributed by atoms with Crippen molar-refractivity contribution in [3.05, 3.63) is 30.1 Å². The topological polar surface area (TPSA) is 54.5 Å². The number of nitrogens with one attached hydrogen (secondary N) is 1. The van der Waals surface area contributed by atoms with Gasteiger partial charge < -0.3 is 10.1 Å². The van der Waals surface area contributed by atoms with Crippen molar-refractivity contribution >= 4 is 6.09 Å². The number of rotatable bonds is 2. The Morgan fingerprint density at radius 2 is 2.33 bits per heavy atom. The maximum atomic E-state index is 12.1. The van der Waals surface area contributed by atoms with E-state index in [2.05, 4.69) is 10.3 Å². The number of pyridine rings is 1. The number of hydrogen-bond acceptors (Lipinski definition) is 4. The molecular weight excluding hydrogens is 230 g/mol. The molecule has 96 valence electrons. The molecule has 1 saturated carbocycles. The van der Waals surface area contributed by atoms with Crippen LogP contribution in [0.2, 0.25) is 0 Å². The molecule has 1 amide bonds. The molecule has 0 bridgehead atoms. The summed E-state index contributed by atoms with van der Waals surface area (Å²) in [5, 5.41) is 3.30. The second-order valence-electron chi connectivity index (χ2n) is 4.75. The van der Waals surface area contributed by atoms with Crippen molar-refractivity contribution in [1.82, 2.24) is 15.2 Å². The lowest BCUT2D eigenvalue weighted by molar-refractivity contribution is 0.0709. The molecule has 1 aromatic heterocycles. The van der Waals surface area contributed by atoms with Gasteiger partial charge in [0.05, 0.1) is 11.7 Å². The second kappa shape index (κ2) is 4.94. The SMILES string of the molecule is O=C(OC1CC1)N1CCNCC1c1ccccn1. The van der Waals surface area contributed by atoms with E-state index in [0.717, 1.165) is 31.6 Å². The summed E-state index contributed by atoms with van der Waals surface area (Å²) in [6.07, 6.45) is 3.72. The zero-order valence-corrected chi connectivity index (χ0v) is 10.2. The van der Waals surface area contributed by atoms with E-state index in [-0.39, 0.29) is 18.2 Å². The fourth-order valence-electron chi connectivity index (χ4n) is 2.16. The lowest BCUT2D eigenvalue weighted by Crippen LogP contribution is -2.49. The van der Waals surface area contributed by atoms with Crippen LogP contribution in [0.3, 0.4) is 0 Å². The summed E-state index contributed by atoms with van der Waals surface area (Å²) in [6, 6.07) is 5.76. The van der Waals surface area contributed by atoms with Crippen molar-refractivity contribution in [2.24, 2.45) is 0 Å². The van der Waals surface area contributed by atoms with Gasteiger partial charge in [-0.2, -0.15) is 0 Å². The van der Waals surface area contributed by atoms with E-state index in [0.29, 0.717) is 6.54 Å². The van der Waals surface area contributed by atoms with Crippen molar-refractivity contribution in [2.45, 2.75) is 25.0 Å². The van der Waals surface area contributed by atoms with E-state index in [1.165, 1.54) is 0 Å². The summed E-state index contributed by atoms with van der Waals surface area (Å²) >= 11 is 0. The molecule has 2 aliphatic rings. The van der Waals surface area contributed by atoms with Crippen LogP contribution in [0.15, 0.2) is 24.4 Å². The Kier molecular flexibility index (Phi) is 3.15. The number of hydrogen-bond donors (Lipinski definition) is 1. The van der Waals surface area contributed by atoms with Crippen LogP contribution in [0.5, 0.6) is 0 Å². The van der Waals surface area contributed by atoms with Gasteiger partial charge in [-0.1, -0.05) is 6.07 Å². The number of carbonyl (C=O) groups excluding carboxylic acids is 1. The molecule has 18 heavy (non-hydrogen) atoms. The predicted molar refractivity (Wildman–Crippen MR) is 66.1 cm³/mol. The fraction of sp³-hybridized carbons (Fsp3) is 0.538. The largest absolute Gasteiger partial charge is 0.446 e. The maximum Gasteiger partial charge on any atom is 0.410 e. The molecule has 0 radical (unpaired) electrons. The molecule has 5 heteroatoms. The third kappa shape index (κ3) is 2.46. The van der Waals surface area contributed by atoms with Gasteiger partial charge in [0.25, 0.3) is 0 Å². The van der Waals surface area contributed by atoms with E-state index < -0.39 is 0 Å². The van der Waals surface area contributed by atoms with Gasteiger partial charge >= 0.3 is 6.09 Å².